The van der Waals surface area contributed by atoms with Gasteiger partial charge in [-0.05, 0) is 35.0 Å². The molecule has 90 valence electrons. The van der Waals surface area contributed by atoms with E-state index < -0.39 is 0 Å². The van der Waals surface area contributed by atoms with Crippen molar-refractivity contribution < 1.29 is 0 Å². The van der Waals surface area contributed by atoms with Crippen LogP contribution in [0.5, 0.6) is 0 Å². The van der Waals surface area contributed by atoms with Crippen LogP contribution in [0.3, 0.4) is 0 Å². The van der Waals surface area contributed by atoms with Gasteiger partial charge in [0.25, 0.3) is 0 Å². The van der Waals surface area contributed by atoms with Crippen LogP contribution in [0, 0.1) is 11.3 Å². The average molecular weight is 262 g/mol. The molecule has 3 rings (SSSR count). The number of hydrogen-bond acceptors (Lipinski definition) is 3. The zero-order valence-corrected chi connectivity index (χ0v) is 10.9. The van der Waals surface area contributed by atoms with Gasteiger partial charge in [0.05, 0.1) is 0 Å². The number of aromatic nitrogens is 1. The Labute approximate surface area is 115 Å². The molecule has 0 N–H and O–H groups in total. The number of hydrogen-bond donors (Lipinski definition) is 0. The molecule has 0 unspecified atom stereocenters. The second-order valence-corrected chi connectivity index (χ2v) is 5.25. The minimum absolute atomic E-state index is 0.447. The summed E-state index contributed by atoms with van der Waals surface area (Å²) in [6.07, 6.45) is 1.73. The molecule has 0 aliphatic heterocycles. The van der Waals surface area contributed by atoms with Crippen LogP contribution in [-0.2, 0) is 0 Å². The number of benzene rings is 2. The van der Waals surface area contributed by atoms with Gasteiger partial charge in [0.2, 0.25) is 0 Å². The number of nitriles is 1. The predicted octanol–water partition coefficient (Wildman–Crippen LogP) is 4.26. The molecule has 0 aliphatic rings. The molecule has 0 fully saturated rings. The van der Waals surface area contributed by atoms with Gasteiger partial charge in [-0.15, -0.1) is 0 Å². The highest BCUT2D eigenvalue weighted by molar-refractivity contribution is 7.99. The lowest BCUT2D eigenvalue weighted by Gasteiger charge is -2.03. The van der Waals surface area contributed by atoms with Crippen molar-refractivity contribution in [3.8, 4) is 6.07 Å². The fourth-order valence-electron chi connectivity index (χ4n) is 1.87. The van der Waals surface area contributed by atoms with Gasteiger partial charge >= 0.3 is 0 Å². The first-order chi connectivity index (χ1) is 9.35. The summed E-state index contributed by atoms with van der Waals surface area (Å²) >= 11 is 1.65. The van der Waals surface area contributed by atoms with Crippen LogP contribution >= 0.6 is 11.8 Å². The lowest BCUT2D eigenvalue weighted by molar-refractivity contribution is 1.19. The van der Waals surface area contributed by atoms with Gasteiger partial charge in [0.1, 0.15) is 11.8 Å². The Morgan fingerprint density at radius 3 is 2.42 bits per heavy atom. The molecule has 19 heavy (non-hydrogen) atoms. The van der Waals surface area contributed by atoms with Crippen molar-refractivity contribution in [2.45, 2.75) is 9.79 Å². The van der Waals surface area contributed by atoms with E-state index in [0.29, 0.717) is 5.69 Å². The van der Waals surface area contributed by atoms with Crippen molar-refractivity contribution in [1.82, 2.24) is 4.98 Å². The number of pyridine rings is 1. The molecule has 0 atom stereocenters. The Hall–Kier alpha value is -2.31. The Morgan fingerprint density at radius 2 is 1.68 bits per heavy atom. The normalized spacial score (nSPS) is 10.3. The van der Waals surface area contributed by atoms with Crippen molar-refractivity contribution in [3.63, 3.8) is 0 Å². The Kier molecular flexibility index (Phi) is 3.18. The molecule has 0 amide bonds. The molecule has 0 bridgehead atoms. The molecule has 2 aromatic carbocycles. The summed E-state index contributed by atoms with van der Waals surface area (Å²) in [7, 11) is 0. The molecule has 0 saturated heterocycles. The van der Waals surface area contributed by atoms with Gasteiger partial charge in [-0.25, -0.2) is 4.98 Å². The molecule has 0 radical (unpaired) electrons. The van der Waals surface area contributed by atoms with Gasteiger partial charge in [-0.3, -0.25) is 0 Å². The number of rotatable bonds is 2. The Morgan fingerprint density at radius 1 is 0.895 bits per heavy atom. The van der Waals surface area contributed by atoms with Crippen molar-refractivity contribution in [2.24, 2.45) is 0 Å². The fraction of sp³-hybridized carbons (Fsp3) is 0. The zero-order valence-electron chi connectivity index (χ0n) is 10.1. The van der Waals surface area contributed by atoms with E-state index in [4.69, 9.17) is 5.26 Å². The van der Waals surface area contributed by atoms with Crippen LogP contribution in [0.25, 0.3) is 10.8 Å². The third-order valence-electron chi connectivity index (χ3n) is 2.81. The van der Waals surface area contributed by atoms with E-state index in [1.54, 1.807) is 24.0 Å². The topological polar surface area (TPSA) is 36.7 Å². The maximum absolute atomic E-state index is 8.72. The quantitative estimate of drug-likeness (QED) is 0.692. The molecular formula is C16H10N2S. The Balaban J connectivity index is 1.90. The first-order valence-electron chi connectivity index (χ1n) is 5.88. The third-order valence-corrected chi connectivity index (χ3v) is 3.77. The van der Waals surface area contributed by atoms with E-state index in [1.165, 1.54) is 15.7 Å². The molecule has 3 aromatic rings. The maximum atomic E-state index is 8.72. The number of fused-ring (bicyclic) bond motifs is 1. The molecule has 0 saturated carbocycles. The lowest BCUT2D eigenvalue weighted by atomic mass is 10.1. The second-order valence-electron chi connectivity index (χ2n) is 4.10. The van der Waals surface area contributed by atoms with Gasteiger partial charge in [0, 0.05) is 16.0 Å². The van der Waals surface area contributed by atoms with E-state index in [-0.39, 0.29) is 0 Å². The smallest absolute Gasteiger partial charge is 0.140 e. The first-order valence-corrected chi connectivity index (χ1v) is 6.69. The molecule has 0 aliphatic carbocycles. The maximum Gasteiger partial charge on any atom is 0.140 e. The van der Waals surface area contributed by atoms with Crippen molar-refractivity contribution >= 4 is 22.5 Å². The van der Waals surface area contributed by atoms with Gasteiger partial charge < -0.3 is 0 Å². The van der Waals surface area contributed by atoms with Gasteiger partial charge in [-0.1, -0.05) is 42.1 Å². The van der Waals surface area contributed by atoms with Crippen LogP contribution in [0.4, 0.5) is 0 Å². The van der Waals surface area contributed by atoms with Crippen LogP contribution < -0.4 is 0 Å². The van der Waals surface area contributed by atoms with E-state index in [9.17, 15) is 0 Å². The van der Waals surface area contributed by atoms with Gasteiger partial charge in [-0.2, -0.15) is 5.26 Å². The highest BCUT2D eigenvalue weighted by Gasteiger charge is 2.00. The Bertz CT molecular complexity index is 758. The van der Waals surface area contributed by atoms with Gasteiger partial charge in [0.15, 0.2) is 0 Å². The molecule has 0 spiro atoms. The molecule has 3 heteroatoms. The van der Waals surface area contributed by atoms with E-state index in [0.717, 1.165) is 4.90 Å². The molecule has 2 nitrogen and oxygen atoms in total. The summed E-state index contributed by atoms with van der Waals surface area (Å²) in [6, 6.07) is 20.4. The van der Waals surface area contributed by atoms with Crippen LogP contribution in [0.15, 0.2) is 70.6 Å². The predicted molar refractivity (Wildman–Crippen MR) is 77.0 cm³/mol. The average Bonchev–Trinajstić information content (AvgIpc) is 2.48. The van der Waals surface area contributed by atoms with Crippen LogP contribution in [0.1, 0.15) is 5.69 Å². The van der Waals surface area contributed by atoms with Crippen LogP contribution in [-0.4, -0.2) is 4.98 Å². The third kappa shape index (κ3) is 2.59. The monoisotopic (exact) mass is 262 g/mol. The largest absolute Gasteiger partial charge is 0.244 e. The minimum Gasteiger partial charge on any atom is -0.244 e. The van der Waals surface area contributed by atoms with Crippen LogP contribution in [0.2, 0.25) is 0 Å². The zero-order chi connectivity index (χ0) is 13.1. The van der Waals surface area contributed by atoms with Crippen molar-refractivity contribution in [2.75, 3.05) is 0 Å². The lowest BCUT2D eigenvalue weighted by Crippen LogP contribution is -1.82. The summed E-state index contributed by atoms with van der Waals surface area (Å²) in [5.74, 6) is 0. The number of nitrogens with zero attached hydrogens (tertiary/aromatic N) is 2. The van der Waals surface area contributed by atoms with E-state index in [2.05, 4.69) is 35.3 Å². The molecule has 1 aromatic heterocycles. The summed E-state index contributed by atoms with van der Waals surface area (Å²) in [4.78, 5) is 6.28. The summed E-state index contributed by atoms with van der Waals surface area (Å²) in [5, 5.41) is 11.2. The summed E-state index contributed by atoms with van der Waals surface area (Å²) < 4.78 is 0. The van der Waals surface area contributed by atoms with E-state index in [1.807, 2.05) is 24.3 Å². The fourth-order valence-corrected chi connectivity index (χ4v) is 2.71. The summed E-state index contributed by atoms with van der Waals surface area (Å²) in [5.41, 5.74) is 0.447. The second kappa shape index (κ2) is 5.13. The minimum atomic E-state index is 0.447. The summed E-state index contributed by atoms with van der Waals surface area (Å²) in [6.45, 7) is 0. The highest BCUT2D eigenvalue weighted by Crippen LogP contribution is 2.29. The highest BCUT2D eigenvalue weighted by atomic mass is 32.2. The molecular weight excluding hydrogens is 252 g/mol. The van der Waals surface area contributed by atoms with Crippen molar-refractivity contribution in [1.29, 1.82) is 5.26 Å². The molecule has 1 heterocycles. The SMILES string of the molecule is N#Cc1ccc(Sc2ccc3ccccc3c2)cn1. The standard InChI is InChI=1S/C16H10N2S/c17-10-14-6-8-16(11-18-14)19-15-7-5-12-3-1-2-4-13(12)9-15/h1-9,11H. The van der Waals surface area contributed by atoms with Crippen molar-refractivity contribution in [3.05, 3.63) is 66.5 Å². The first kappa shape index (κ1) is 11.8. The van der Waals surface area contributed by atoms with E-state index >= 15 is 0 Å².